The zero-order valence-electron chi connectivity index (χ0n) is 5.60. The van der Waals surface area contributed by atoms with Gasteiger partial charge < -0.3 is 0 Å². The van der Waals surface area contributed by atoms with Crippen molar-refractivity contribution in [2.45, 2.75) is 13.3 Å². The third-order valence-electron chi connectivity index (χ3n) is 0.907. The van der Waals surface area contributed by atoms with Crippen molar-refractivity contribution in [1.29, 1.82) is 0 Å². The minimum absolute atomic E-state index is 0.0803. The van der Waals surface area contributed by atoms with Crippen LogP contribution in [-0.2, 0) is 0 Å². The molecule has 0 amide bonds. The van der Waals surface area contributed by atoms with Crippen LogP contribution in [0.15, 0.2) is 19.6 Å². The highest BCUT2D eigenvalue weighted by atomic mass is 35.5. The molecule has 0 fully saturated rings. The molecule has 0 aromatic heterocycles. The van der Waals surface area contributed by atoms with E-state index in [2.05, 4.69) is 0 Å². The Bertz CT molecular complexity index is 199. The van der Waals surface area contributed by atoms with Crippen LogP contribution in [0.4, 0.5) is 0 Å². The number of halogens is 5. The van der Waals surface area contributed by atoms with Crippen molar-refractivity contribution in [1.82, 2.24) is 0 Å². The summed E-state index contributed by atoms with van der Waals surface area (Å²) in [7, 11) is 0. The Labute approximate surface area is 90.7 Å². The van der Waals surface area contributed by atoms with Crippen LogP contribution in [-0.4, -0.2) is 0 Å². The van der Waals surface area contributed by atoms with Crippen molar-refractivity contribution in [2.75, 3.05) is 0 Å². The number of hydrogen-bond donors (Lipinski definition) is 0. The Morgan fingerprint density at radius 3 is 1.64 bits per heavy atom. The lowest BCUT2D eigenvalue weighted by atomic mass is 10.4. The molecule has 0 saturated carbocycles. The fraction of sp³-hybridized carbons (Fsp3) is 0.333. The quantitative estimate of drug-likeness (QED) is 0.610. The summed E-state index contributed by atoms with van der Waals surface area (Å²) in [5.41, 5.74) is 0. The molecule has 5 heteroatoms. The average Bonchev–Trinajstić information content (AvgIpc) is 2.00. The van der Waals surface area contributed by atoms with Gasteiger partial charge in [-0.05, 0) is 6.42 Å². The van der Waals surface area contributed by atoms with Gasteiger partial charge in [0, 0.05) is 5.03 Å². The fourth-order valence-electron chi connectivity index (χ4n) is 0.357. The Morgan fingerprint density at radius 1 is 0.909 bits per heavy atom. The molecule has 0 unspecified atom stereocenters. The smallest absolute Gasteiger partial charge is 0.0875 e. The first kappa shape index (κ1) is 11.9. The highest BCUT2D eigenvalue weighted by Crippen LogP contribution is 2.32. The SMILES string of the molecule is CCC(Cl)=C(Cl)C(Cl)=C(Cl)Cl. The first-order valence-corrected chi connectivity index (χ1v) is 4.65. The van der Waals surface area contributed by atoms with Crippen LogP contribution in [0, 0.1) is 0 Å². The molecule has 0 aliphatic carbocycles. The van der Waals surface area contributed by atoms with Gasteiger partial charge in [-0.2, -0.15) is 0 Å². The van der Waals surface area contributed by atoms with Gasteiger partial charge in [-0.3, -0.25) is 0 Å². The summed E-state index contributed by atoms with van der Waals surface area (Å²) in [4.78, 5) is 0. The maximum Gasteiger partial charge on any atom is 0.126 e. The molecule has 0 bridgehead atoms. The van der Waals surface area contributed by atoms with E-state index in [0.717, 1.165) is 0 Å². The van der Waals surface area contributed by atoms with Crippen molar-refractivity contribution < 1.29 is 0 Å². The van der Waals surface area contributed by atoms with Gasteiger partial charge in [0.25, 0.3) is 0 Å². The van der Waals surface area contributed by atoms with E-state index in [9.17, 15) is 0 Å². The summed E-state index contributed by atoms with van der Waals surface area (Å²) in [5.74, 6) is 0. The lowest BCUT2D eigenvalue weighted by Crippen LogP contribution is -1.78. The second-order valence-corrected chi connectivity index (χ2v) is 3.81. The molecular weight excluding hydrogens is 249 g/mol. The van der Waals surface area contributed by atoms with Crippen LogP contribution in [0.2, 0.25) is 0 Å². The second-order valence-electron chi connectivity index (χ2n) is 1.65. The standard InChI is InChI=1S/C6H5Cl5/c1-2-3(7)4(8)5(9)6(10)11/h2H2,1H3. The summed E-state index contributed by atoms with van der Waals surface area (Å²) >= 11 is 27.6. The van der Waals surface area contributed by atoms with Crippen LogP contribution in [0.1, 0.15) is 13.3 Å². The molecule has 0 heterocycles. The molecule has 64 valence electrons. The van der Waals surface area contributed by atoms with E-state index in [-0.39, 0.29) is 14.6 Å². The van der Waals surface area contributed by atoms with Crippen molar-refractivity contribution >= 4 is 58.0 Å². The maximum absolute atomic E-state index is 5.67. The zero-order chi connectivity index (χ0) is 9.02. The van der Waals surface area contributed by atoms with Crippen molar-refractivity contribution in [3.63, 3.8) is 0 Å². The fourth-order valence-corrected chi connectivity index (χ4v) is 1.13. The Hall–Kier alpha value is 0.930. The van der Waals surface area contributed by atoms with Gasteiger partial charge in [-0.25, -0.2) is 0 Å². The zero-order valence-corrected chi connectivity index (χ0v) is 9.38. The van der Waals surface area contributed by atoms with Gasteiger partial charge in [0.05, 0.1) is 10.1 Å². The summed E-state index contributed by atoms with van der Waals surface area (Å²) < 4.78 is -0.0803. The Balaban J connectivity index is 4.75. The Morgan fingerprint density at radius 2 is 1.36 bits per heavy atom. The Kier molecular flexibility index (Phi) is 6.02. The average molecular weight is 254 g/mol. The lowest BCUT2D eigenvalue weighted by molar-refractivity contribution is 1.19. The van der Waals surface area contributed by atoms with Crippen LogP contribution in [0.3, 0.4) is 0 Å². The van der Waals surface area contributed by atoms with E-state index < -0.39 is 0 Å². The van der Waals surface area contributed by atoms with Crippen LogP contribution in [0.5, 0.6) is 0 Å². The number of hydrogen-bond acceptors (Lipinski definition) is 0. The van der Waals surface area contributed by atoms with Crippen molar-refractivity contribution in [3.05, 3.63) is 19.6 Å². The van der Waals surface area contributed by atoms with E-state index in [1.165, 1.54) is 0 Å². The molecule has 0 aliphatic rings. The van der Waals surface area contributed by atoms with Gasteiger partial charge in [-0.15, -0.1) is 0 Å². The first-order chi connectivity index (χ1) is 5.00. The van der Waals surface area contributed by atoms with Crippen LogP contribution in [0.25, 0.3) is 0 Å². The van der Waals surface area contributed by atoms with Crippen LogP contribution < -0.4 is 0 Å². The molecule has 0 aromatic carbocycles. The van der Waals surface area contributed by atoms with Gasteiger partial charge >= 0.3 is 0 Å². The third kappa shape index (κ3) is 3.91. The topological polar surface area (TPSA) is 0 Å². The van der Waals surface area contributed by atoms with Crippen molar-refractivity contribution in [2.24, 2.45) is 0 Å². The van der Waals surface area contributed by atoms with Crippen molar-refractivity contribution in [3.8, 4) is 0 Å². The molecule has 11 heavy (non-hydrogen) atoms. The molecule has 0 saturated heterocycles. The van der Waals surface area contributed by atoms with Crippen LogP contribution >= 0.6 is 58.0 Å². The highest BCUT2D eigenvalue weighted by Gasteiger charge is 2.07. The molecule has 0 rings (SSSR count). The lowest BCUT2D eigenvalue weighted by Gasteiger charge is -1.99. The molecule has 0 N–H and O–H groups in total. The third-order valence-corrected chi connectivity index (χ3v) is 2.92. The molecule has 0 aliphatic heterocycles. The summed E-state index contributed by atoms with van der Waals surface area (Å²) in [6, 6.07) is 0. The predicted molar refractivity (Wildman–Crippen MR) is 53.6 cm³/mol. The molecular formula is C6H5Cl5. The summed E-state index contributed by atoms with van der Waals surface area (Å²) in [6.07, 6.45) is 0.595. The summed E-state index contributed by atoms with van der Waals surface area (Å²) in [6.45, 7) is 1.84. The predicted octanol–water partition coefficient (Wildman–Crippen LogP) is 4.97. The van der Waals surface area contributed by atoms with Gasteiger partial charge in [0.1, 0.15) is 4.49 Å². The molecule has 0 aromatic rings. The molecule has 0 atom stereocenters. The van der Waals surface area contributed by atoms with E-state index in [4.69, 9.17) is 58.0 Å². The van der Waals surface area contributed by atoms with Gasteiger partial charge in [-0.1, -0.05) is 64.9 Å². The first-order valence-electron chi connectivity index (χ1n) is 2.76. The molecule has 0 radical (unpaired) electrons. The summed E-state index contributed by atoms with van der Waals surface area (Å²) in [5, 5.41) is 0.730. The second kappa shape index (κ2) is 5.55. The minimum atomic E-state index is -0.0803. The normalized spacial score (nSPS) is 12.5. The van der Waals surface area contributed by atoms with E-state index in [0.29, 0.717) is 11.5 Å². The van der Waals surface area contributed by atoms with E-state index in [1.54, 1.807) is 0 Å². The molecule has 0 spiro atoms. The minimum Gasteiger partial charge on any atom is -0.0875 e. The van der Waals surface area contributed by atoms with Gasteiger partial charge in [0.15, 0.2) is 0 Å². The highest BCUT2D eigenvalue weighted by molar-refractivity contribution is 6.62. The van der Waals surface area contributed by atoms with E-state index >= 15 is 0 Å². The monoisotopic (exact) mass is 252 g/mol. The molecule has 0 nitrogen and oxygen atoms in total. The largest absolute Gasteiger partial charge is 0.126 e. The maximum atomic E-state index is 5.67. The van der Waals surface area contributed by atoms with Gasteiger partial charge in [0.2, 0.25) is 0 Å². The number of allylic oxidation sites excluding steroid dienone is 3. The number of rotatable bonds is 2. The van der Waals surface area contributed by atoms with E-state index in [1.807, 2.05) is 6.92 Å².